The van der Waals surface area contributed by atoms with Crippen LogP contribution in [0.5, 0.6) is 0 Å². The SMILES string of the molecule is Cc1cncc(NN)c1. The van der Waals surface area contributed by atoms with Crippen LogP contribution in [-0.2, 0) is 0 Å². The third kappa shape index (κ3) is 1.40. The Bertz CT molecular complexity index is 197. The Morgan fingerprint density at radius 3 is 2.78 bits per heavy atom. The molecule has 0 unspecified atom stereocenters. The normalized spacial score (nSPS) is 9.11. The van der Waals surface area contributed by atoms with Crippen molar-refractivity contribution in [1.82, 2.24) is 4.98 Å². The van der Waals surface area contributed by atoms with Crippen LogP contribution in [0.15, 0.2) is 18.5 Å². The van der Waals surface area contributed by atoms with Gasteiger partial charge in [-0.25, -0.2) is 0 Å². The Balaban J connectivity index is 2.94. The highest BCUT2D eigenvalue weighted by atomic mass is 15.2. The Morgan fingerprint density at radius 1 is 1.56 bits per heavy atom. The molecule has 0 saturated heterocycles. The van der Waals surface area contributed by atoms with Gasteiger partial charge >= 0.3 is 0 Å². The lowest BCUT2D eigenvalue weighted by molar-refractivity contribution is 1.23. The van der Waals surface area contributed by atoms with Crippen LogP contribution in [0.1, 0.15) is 5.56 Å². The molecular weight excluding hydrogens is 114 g/mol. The molecule has 0 atom stereocenters. The Morgan fingerprint density at radius 2 is 2.33 bits per heavy atom. The van der Waals surface area contributed by atoms with Crippen LogP contribution in [0, 0.1) is 6.92 Å². The van der Waals surface area contributed by atoms with E-state index in [4.69, 9.17) is 5.84 Å². The lowest BCUT2D eigenvalue weighted by Gasteiger charge is -1.97. The fraction of sp³-hybridized carbons (Fsp3) is 0.167. The Kier molecular flexibility index (Phi) is 1.65. The van der Waals surface area contributed by atoms with Gasteiger partial charge < -0.3 is 5.43 Å². The maximum absolute atomic E-state index is 5.13. The molecule has 0 aliphatic rings. The van der Waals surface area contributed by atoms with Crippen molar-refractivity contribution in [3.05, 3.63) is 24.0 Å². The average molecular weight is 123 g/mol. The molecule has 1 aromatic rings. The molecule has 48 valence electrons. The van der Waals surface area contributed by atoms with E-state index in [1.54, 1.807) is 12.4 Å². The molecule has 3 N–H and O–H groups in total. The first-order chi connectivity index (χ1) is 4.33. The van der Waals surface area contributed by atoms with E-state index in [0.29, 0.717) is 0 Å². The number of hydrogen-bond acceptors (Lipinski definition) is 3. The maximum Gasteiger partial charge on any atom is 0.0671 e. The van der Waals surface area contributed by atoms with E-state index in [2.05, 4.69) is 10.4 Å². The van der Waals surface area contributed by atoms with Crippen molar-refractivity contribution in [1.29, 1.82) is 0 Å². The number of aryl methyl sites for hydroxylation is 1. The van der Waals surface area contributed by atoms with Crippen LogP contribution in [0.2, 0.25) is 0 Å². The van der Waals surface area contributed by atoms with Crippen molar-refractivity contribution in [3.8, 4) is 0 Å². The minimum atomic E-state index is 0.843. The Hall–Kier alpha value is -1.09. The number of pyridine rings is 1. The van der Waals surface area contributed by atoms with Crippen molar-refractivity contribution in [2.45, 2.75) is 6.92 Å². The summed E-state index contributed by atoms with van der Waals surface area (Å²) < 4.78 is 0. The van der Waals surface area contributed by atoms with Crippen molar-refractivity contribution in [2.24, 2.45) is 5.84 Å². The highest BCUT2D eigenvalue weighted by Crippen LogP contribution is 2.03. The Labute approximate surface area is 53.9 Å². The van der Waals surface area contributed by atoms with E-state index in [9.17, 15) is 0 Å². The molecule has 0 aliphatic heterocycles. The van der Waals surface area contributed by atoms with Crippen LogP contribution in [0.25, 0.3) is 0 Å². The summed E-state index contributed by atoms with van der Waals surface area (Å²) in [6, 6.07) is 1.92. The summed E-state index contributed by atoms with van der Waals surface area (Å²) in [6.45, 7) is 1.97. The largest absolute Gasteiger partial charge is 0.323 e. The number of hydrazine groups is 1. The number of aromatic nitrogens is 1. The number of nitrogen functional groups attached to an aromatic ring is 1. The van der Waals surface area contributed by atoms with Crippen molar-refractivity contribution >= 4 is 5.69 Å². The van der Waals surface area contributed by atoms with Gasteiger partial charge in [-0.2, -0.15) is 0 Å². The lowest BCUT2D eigenvalue weighted by atomic mass is 10.3. The molecule has 0 aliphatic carbocycles. The summed E-state index contributed by atoms with van der Waals surface area (Å²) in [5.74, 6) is 5.13. The number of anilines is 1. The van der Waals surface area contributed by atoms with Gasteiger partial charge in [0.2, 0.25) is 0 Å². The van der Waals surface area contributed by atoms with Crippen molar-refractivity contribution in [2.75, 3.05) is 5.43 Å². The minimum absolute atomic E-state index is 0.843. The van der Waals surface area contributed by atoms with Gasteiger partial charge in [0, 0.05) is 6.20 Å². The maximum atomic E-state index is 5.13. The summed E-state index contributed by atoms with van der Waals surface area (Å²) in [5, 5.41) is 0. The monoisotopic (exact) mass is 123 g/mol. The molecule has 0 fully saturated rings. The molecule has 0 amide bonds. The van der Waals surface area contributed by atoms with E-state index >= 15 is 0 Å². The predicted octanol–water partition coefficient (Wildman–Crippen LogP) is 0.676. The van der Waals surface area contributed by atoms with Crippen LogP contribution in [-0.4, -0.2) is 4.98 Å². The summed E-state index contributed by atoms with van der Waals surface area (Å²) in [4.78, 5) is 3.91. The van der Waals surface area contributed by atoms with Gasteiger partial charge in [0.25, 0.3) is 0 Å². The van der Waals surface area contributed by atoms with Crippen molar-refractivity contribution < 1.29 is 0 Å². The molecule has 0 saturated carbocycles. The van der Waals surface area contributed by atoms with Gasteiger partial charge in [-0.05, 0) is 18.6 Å². The first-order valence-corrected chi connectivity index (χ1v) is 2.71. The summed E-state index contributed by atoms with van der Waals surface area (Å²) in [5.41, 5.74) is 4.45. The molecule has 0 spiro atoms. The zero-order chi connectivity index (χ0) is 6.69. The van der Waals surface area contributed by atoms with E-state index < -0.39 is 0 Å². The molecule has 0 bridgehead atoms. The first kappa shape index (κ1) is 6.04. The van der Waals surface area contributed by atoms with Crippen LogP contribution in [0.4, 0.5) is 5.69 Å². The third-order valence-electron chi connectivity index (χ3n) is 1.04. The topological polar surface area (TPSA) is 50.9 Å². The predicted molar refractivity (Wildman–Crippen MR) is 36.8 cm³/mol. The van der Waals surface area contributed by atoms with E-state index in [-0.39, 0.29) is 0 Å². The second-order valence-electron chi connectivity index (χ2n) is 1.90. The lowest BCUT2D eigenvalue weighted by Crippen LogP contribution is -2.06. The number of hydrogen-bond donors (Lipinski definition) is 2. The van der Waals surface area contributed by atoms with Crippen LogP contribution < -0.4 is 11.3 Å². The van der Waals surface area contributed by atoms with Gasteiger partial charge in [0.05, 0.1) is 11.9 Å². The number of nitrogens with zero attached hydrogens (tertiary/aromatic N) is 1. The van der Waals surface area contributed by atoms with Gasteiger partial charge in [-0.1, -0.05) is 0 Å². The molecule has 1 aromatic heterocycles. The van der Waals surface area contributed by atoms with Crippen molar-refractivity contribution in [3.63, 3.8) is 0 Å². The van der Waals surface area contributed by atoms with Gasteiger partial charge in [0.1, 0.15) is 0 Å². The summed E-state index contributed by atoms with van der Waals surface area (Å²) >= 11 is 0. The molecule has 0 radical (unpaired) electrons. The highest BCUT2D eigenvalue weighted by Gasteiger charge is 1.86. The molecule has 1 rings (SSSR count). The zero-order valence-corrected chi connectivity index (χ0v) is 5.26. The number of nitrogens with one attached hydrogen (secondary N) is 1. The summed E-state index contributed by atoms with van der Waals surface area (Å²) in [7, 11) is 0. The minimum Gasteiger partial charge on any atom is -0.323 e. The fourth-order valence-corrected chi connectivity index (χ4v) is 0.634. The average Bonchev–Trinajstić information content (AvgIpc) is 1.88. The molecule has 0 aromatic carbocycles. The molecular formula is C6H9N3. The third-order valence-corrected chi connectivity index (χ3v) is 1.04. The number of rotatable bonds is 1. The van der Waals surface area contributed by atoms with E-state index in [1.807, 2.05) is 13.0 Å². The van der Waals surface area contributed by atoms with Crippen LogP contribution in [0.3, 0.4) is 0 Å². The van der Waals surface area contributed by atoms with Crippen LogP contribution >= 0.6 is 0 Å². The second-order valence-corrected chi connectivity index (χ2v) is 1.90. The molecule has 9 heavy (non-hydrogen) atoms. The fourth-order valence-electron chi connectivity index (χ4n) is 0.634. The molecule has 1 heterocycles. The van der Waals surface area contributed by atoms with E-state index in [0.717, 1.165) is 11.3 Å². The zero-order valence-electron chi connectivity index (χ0n) is 5.26. The number of nitrogens with two attached hydrogens (primary N) is 1. The van der Waals surface area contributed by atoms with Gasteiger partial charge in [-0.15, -0.1) is 0 Å². The second kappa shape index (κ2) is 2.46. The molecule has 3 nitrogen and oxygen atoms in total. The highest BCUT2D eigenvalue weighted by molar-refractivity contribution is 5.40. The first-order valence-electron chi connectivity index (χ1n) is 2.71. The van der Waals surface area contributed by atoms with E-state index in [1.165, 1.54) is 0 Å². The van der Waals surface area contributed by atoms with Gasteiger partial charge in [-0.3, -0.25) is 10.8 Å². The standard InChI is InChI=1S/C6H9N3/c1-5-2-6(9-7)4-8-3-5/h2-4,9H,7H2,1H3. The smallest absolute Gasteiger partial charge is 0.0671 e. The molecule has 3 heteroatoms. The van der Waals surface area contributed by atoms with Gasteiger partial charge in [0.15, 0.2) is 0 Å². The summed E-state index contributed by atoms with van der Waals surface area (Å²) in [6.07, 6.45) is 3.45. The quantitative estimate of drug-likeness (QED) is 0.426.